The van der Waals surface area contributed by atoms with Crippen molar-refractivity contribution in [1.82, 2.24) is 5.32 Å². The lowest BCUT2D eigenvalue weighted by Gasteiger charge is -2.41. The van der Waals surface area contributed by atoms with Crippen molar-refractivity contribution in [3.05, 3.63) is 157 Å². The third-order valence-electron chi connectivity index (χ3n) is 7.47. The van der Waals surface area contributed by atoms with Crippen molar-refractivity contribution in [2.75, 3.05) is 0 Å². The second kappa shape index (κ2) is 10.4. The van der Waals surface area contributed by atoms with E-state index in [1.165, 1.54) is 0 Å². The minimum atomic E-state index is -3.25. The van der Waals surface area contributed by atoms with Crippen LogP contribution in [0.25, 0.3) is 0 Å². The zero-order valence-corrected chi connectivity index (χ0v) is 22.7. The van der Waals surface area contributed by atoms with E-state index < -0.39 is 25.8 Å². The predicted octanol–water partition coefficient (Wildman–Crippen LogP) is 6.19. The van der Waals surface area contributed by atoms with Crippen LogP contribution in [0.1, 0.15) is 16.9 Å². The molecular weight excluding hydrogens is 504 g/mol. The molecule has 1 aliphatic rings. The molecule has 0 aliphatic carbocycles. The first-order chi connectivity index (χ1) is 18.6. The molecule has 0 saturated carbocycles. The molecule has 1 aliphatic heterocycles. The molecule has 0 aromatic heterocycles. The normalized spacial score (nSPS) is 17.5. The van der Waals surface area contributed by atoms with Crippen LogP contribution in [-0.4, -0.2) is 5.78 Å². The Labute approximate surface area is 224 Å². The first kappa shape index (κ1) is 24.8. The van der Waals surface area contributed by atoms with E-state index in [4.69, 9.17) is 0 Å². The SMILES string of the molecule is O=P(c1ccccc1)(c1ccccc1)C1Cc2ccccc2C(P(=O)(c2ccccc2)c2ccccc2)N1. The van der Waals surface area contributed by atoms with Gasteiger partial charge in [0, 0.05) is 21.2 Å². The van der Waals surface area contributed by atoms with Crippen molar-refractivity contribution in [2.24, 2.45) is 0 Å². The van der Waals surface area contributed by atoms with Crippen LogP contribution in [-0.2, 0) is 15.6 Å². The summed E-state index contributed by atoms with van der Waals surface area (Å²) in [6.07, 6.45) is 0.581. The molecule has 6 rings (SSSR count). The molecule has 2 unspecified atom stereocenters. The van der Waals surface area contributed by atoms with Crippen molar-refractivity contribution in [3.63, 3.8) is 0 Å². The molecule has 0 radical (unpaired) electrons. The average Bonchev–Trinajstić information content (AvgIpc) is 3.01. The zero-order valence-electron chi connectivity index (χ0n) is 20.9. The van der Waals surface area contributed by atoms with Crippen LogP contribution in [0.15, 0.2) is 146 Å². The Morgan fingerprint density at radius 1 is 0.474 bits per heavy atom. The molecule has 2 atom stereocenters. The first-order valence-electron chi connectivity index (χ1n) is 12.9. The Morgan fingerprint density at radius 3 is 1.29 bits per heavy atom. The molecule has 5 aromatic rings. The van der Waals surface area contributed by atoms with E-state index in [-0.39, 0.29) is 0 Å². The van der Waals surface area contributed by atoms with Crippen molar-refractivity contribution in [1.29, 1.82) is 0 Å². The molecule has 0 saturated heterocycles. The lowest BCUT2D eigenvalue weighted by Crippen LogP contribution is -2.45. The summed E-state index contributed by atoms with van der Waals surface area (Å²) in [6.45, 7) is 0. The molecular formula is C33H29NO2P2. The molecule has 188 valence electrons. The van der Waals surface area contributed by atoms with Crippen LogP contribution in [0.3, 0.4) is 0 Å². The predicted molar refractivity (Wildman–Crippen MR) is 159 cm³/mol. The highest BCUT2D eigenvalue weighted by Gasteiger charge is 2.47. The van der Waals surface area contributed by atoms with Gasteiger partial charge in [-0.1, -0.05) is 146 Å². The quantitative estimate of drug-likeness (QED) is 0.265. The standard InChI is InChI=1S/C33H29NO2P2/c35-37(27-16-5-1-6-17-27,28-18-7-2-8-19-28)32-25-26-15-13-14-24-31(26)33(34-32)38(36,29-20-9-3-10-21-29)30-22-11-4-12-23-30/h1-24,32-34H,25H2. The summed E-state index contributed by atoms with van der Waals surface area (Å²) in [7, 11) is -6.43. The van der Waals surface area contributed by atoms with Crippen LogP contribution in [0.5, 0.6) is 0 Å². The minimum Gasteiger partial charge on any atom is -0.312 e. The summed E-state index contributed by atoms with van der Waals surface area (Å²) in [4.78, 5) is 0. The highest BCUT2D eigenvalue weighted by Crippen LogP contribution is 2.61. The van der Waals surface area contributed by atoms with Gasteiger partial charge in [0.25, 0.3) is 0 Å². The lowest BCUT2D eigenvalue weighted by molar-refractivity contribution is 0.511. The van der Waals surface area contributed by atoms with Crippen LogP contribution >= 0.6 is 14.3 Å². The highest BCUT2D eigenvalue weighted by molar-refractivity contribution is 7.80. The zero-order chi connectivity index (χ0) is 26.0. The van der Waals surface area contributed by atoms with Gasteiger partial charge in [-0.25, -0.2) is 0 Å². The van der Waals surface area contributed by atoms with Gasteiger partial charge in [-0.3, -0.25) is 5.32 Å². The Hall–Kier alpha value is -3.48. The van der Waals surface area contributed by atoms with E-state index >= 15 is 9.13 Å². The number of hydrogen-bond donors (Lipinski definition) is 1. The molecule has 1 N–H and O–H groups in total. The Bertz CT molecular complexity index is 1540. The maximum absolute atomic E-state index is 15.5. The van der Waals surface area contributed by atoms with Crippen LogP contribution in [0.4, 0.5) is 0 Å². The average molecular weight is 534 g/mol. The number of benzene rings is 5. The van der Waals surface area contributed by atoms with E-state index in [2.05, 4.69) is 17.4 Å². The summed E-state index contributed by atoms with van der Waals surface area (Å²) in [5.41, 5.74) is 2.09. The third kappa shape index (κ3) is 4.22. The van der Waals surface area contributed by atoms with Gasteiger partial charge in [0.2, 0.25) is 0 Å². The summed E-state index contributed by atoms with van der Waals surface area (Å²) >= 11 is 0. The smallest absolute Gasteiger partial charge is 0.163 e. The molecule has 1 heterocycles. The molecule has 38 heavy (non-hydrogen) atoms. The maximum Gasteiger partial charge on any atom is 0.163 e. The molecule has 0 bridgehead atoms. The van der Waals surface area contributed by atoms with E-state index in [1.807, 2.05) is 133 Å². The highest BCUT2D eigenvalue weighted by atomic mass is 31.2. The van der Waals surface area contributed by atoms with Gasteiger partial charge in [0.1, 0.15) is 0 Å². The summed E-state index contributed by atoms with van der Waals surface area (Å²) in [5.74, 6) is -0.948. The topological polar surface area (TPSA) is 46.2 Å². The molecule has 3 nitrogen and oxygen atoms in total. The van der Waals surface area contributed by atoms with Gasteiger partial charge >= 0.3 is 0 Å². The summed E-state index contributed by atoms with van der Waals surface area (Å²) in [6, 6.07) is 47.2. The minimum absolute atomic E-state index is 0.423. The van der Waals surface area contributed by atoms with Crippen molar-refractivity contribution < 1.29 is 9.13 Å². The van der Waals surface area contributed by atoms with Crippen LogP contribution in [0, 0.1) is 0 Å². The fourth-order valence-electron chi connectivity index (χ4n) is 5.61. The third-order valence-corrected chi connectivity index (χ3v) is 14.1. The van der Waals surface area contributed by atoms with Gasteiger partial charge in [-0.2, -0.15) is 0 Å². The van der Waals surface area contributed by atoms with Gasteiger partial charge in [0.15, 0.2) is 14.3 Å². The van der Waals surface area contributed by atoms with Crippen LogP contribution in [0.2, 0.25) is 0 Å². The summed E-state index contributed by atoms with van der Waals surface area (Å²) in [5, 5.41) is 6.93. The molecule has 0 fully saturated rings. The van der Waals surface area contributed by atoms with E-state index in [9.17, 15) is 0 Å². The second-order valence-electron chi connectivity index (χ2n) is 9.65. The first-order valence-corrected chi connectivity index (χ1v) is 16.4. The van der Waals surface area contributed by atoms with Gasteiger partial charge in [-0.05, 0) is 17.5 Å². The largest absolute Gasteiger partial charge is 0.312 e. The maximum atomic E-state index is 15.5. The monoisotopic (exact) mass is 533 g/mol. The summed E-state index contributed by atoms with van der Waals surface area (Å²) < 4.78 is 30.9. The number of nitrogens with one attached hydrogen (secondary N) is 1. The Balaban J connectivity index is 1.58. The molecule has 0 amide bonds. The fourth-order valence-corrected chi connectivity index (χ4v) is 12.0. The Morgan fingerprint density at radius 2 is 0.842 bits per heavy atom. The fraction of sp³-hybridized carbons (Fsp3) is 0.0909. The number of rotatable bonds is 6. The van der Waals surface area contributed by atoms with E-state index in [0.29, 0.717) is 6.42 Å². The van der Waals surface area contributed by atoms with Crippen molar-refractivity contribution in [3.8, 4) is 0 Å². The second-order valence-corrected chi connectivity index (χ2v) is 15.5. The van der Waals surface area contributed by atoms with Gasteiger partial charge < -0.3 is 9.13 Å². The molecule has 0 spiro atoms. The van der Waals surface area contributed by atoms with Crippen LogP contribution < -0.4 is 26.5 Å². The van der Waals surface area contributed by atoms with E-state index in [0.717, 1.165) is 32.3 Å². The lowest BCUT2D eigenvalue weighted by atomic mass is 10.0. The number of hydrogen-bond acceptors (Lipinski definition) is 3. The number of fused-ring (bicyclic) bond motifs is 1. The van der Waals surface area contributed by atoms with Gasteiger partial charge in [-0.15, -0.1) is 0 Å². The molecule has 5 aromatic carbocycles. The van der Waals surface area contributed by atoms with Gasteiger partial charge in [0.05, 0.1) is 11.6 Å². The Kier molecular flexibility index (Phi) is 6.76. The van der Waals surface area contributed by atoms with E-state index in [1.54, 1.807) is 0 Å². The van der Waals surface area contributed by atoms with Crippen molar-refractivity contribution in [2.45, 2.75) is 18.0 Å². The van der Waals surface area contributed by atoms with Crippen molar-refractivity contribution >= 4 is 35.5 Å². The molecule has 5 heteroatoms.